The van der Waals surface area contributed by atoms with E-state index >= 15 is 0 Å². The first kappa shape index (κ1) is 17.4. The van der Waals surface area contributed by atoms with E-state index in [1.165, 1.54) is 13.8 Å². The summed E-state index contributed by atoms with van der Waals surface area (Å²) < 4.78 is 23.6. The number of nitrogens with one attached hydrogen (secondary N) is 1. The van der Waals surface area contributed by atoms with Gasteiger partial charge in [0.25, 0.3) is 0 Å². The van der Waals surface area contributed by atoms with Crippen molar-refractivity contribution in [2.45, 2.75) is 42.5 Å². The van der Waals surface area contributed by atoms with Crippen molar-refractivity contribution in [2.24, 2.45) is 0 Å². The van der Waals surface area contributed by atoms with Gasteiger partial charge in [-0.1, -0.05) is 30.3 Å². The molecule has 2 aliphatic rings. The van der Waals surface area contributed by atoms with E-state index < -0.39 is 49.8 Å². The lowest BCUT2D eigenvalue weighted by atomic mass is 9.96. The number of fused-ring (bicyclic) bond motifs is 1. The number of carboxylic acid groups (broad SMARTS) is 1. The van der Waals surface area contributed by atoms with Crippen molar-refractivity contribution in [3.8, 4) is 0 Å². The van der Waals surface area contributed by atoms with Crippen LogP contribution in [0, 0.1) is 0 Å². The van der Waals surface area contributed by atoms with Gasteiger partial charge in [-0.15, -0.1) is 0 Å². The first-order chi connectivity index (χ1) is 11.6. The van der Waals surface area contributed by atoms with Gasteiger partial charge in [-0.25, -0.2) is 8.42 Å². The van der Waals surface area contributed by atoms with Crippen LogP contribution in [0.25, 0.3) is 0 Å². The van der Waals surface area contributed by atoms with Gasteiger partial charge in [0.1, 0.15) is 6.04 Å². The fourth-order valence-corrected chi connectivity index (χ4v) is 5.64. The van der Waals surface area contributed by atoms with E-state index in [1.54, 1.807) is 30.3 Å². The van der Waals surface area contributed by atoms with Crippen molar-refractivity contribution in [3.63, 3.8) is 0 Å². The first-order valence-corrected chi connectivity index (χ1v) is 9.23. The lowest BCUT2D eigenvalue weighted by Crippen LogP contribution is -2.72. The molecule has 0 spiro atoms. The number of carbonyl (C=O) groups is 3. The minimum atomic E-state index is -3.99. The second kappa shape index (κ2) is 5.55. The molecule has 0 aliphatic carbocycles. The van der Waals surface area contributed by atoms with Crippen LogP contribution >= 0.6 is 0 Å². The quantitative estimate of drug-likeness (QED) is 0.629. The summed E-state index contributed by atoms with van der Waals surface area (Å²) in [6, 6.07) is 5.93. The molecule has 1 N–H and O–H groups in total. The molecule has 2 fully saturated rings. The Morgan fingerprint density at radius 1 is 1.24 bits per heavy atom. The lowest BCUT2D eigenvalue weighted by molar-refractivity contribution is -0.312. The third kappa shape index (κ3) is 2.41. The van der Waals surface area contributed by atoms with Crippen molar-refractivity contribution in [3.05, 3.63) is 35.9 Å². The summed E-state index contributed by atoms with van der Waals surface area (Å²) in [6.07, 6.45) is -0.00923. The SMILES string of the molecule is CC1(C)[C@H](C(=O)[O-])N2C(=O)[C@@H](NC(=O)Cc3ccccc3)[C@@H]2S1(=O)=O. The van der Waals surface area contributed by atoms with E-state index in [1.807, 2.05) is 0 Å². The number of hydrogen-bond donors (Lipinski definition) is 1. The van der Waals surface area contributed by atoms with Gasteiger partial charge >= 0.3 is 0 Å². The monoisotopic (exact) mass is 365 g/mol. The molecule has 1 aromatic rings. The van der Waals surface area contributed by atoms with Crippen LogP contribution in [0.4, 0.5) is 0 Å². The number of benzene rings is 1. The van der Waals surface area contributed by atoms with Crippen LogP contribution in [0.15, 0.2) is 30.3 Å². The molecule has 0 bridgehead atoms. The highest BCUT2D eigenvalue weighted by molar-refractivity contribution is 7.94. The Kier molecular flexibility index (Phi) is 3.86. The molecule has 25 heavy (non-hydrogen) atoms. The van der Waals surface area contributed by atoms with E-state index in [-0.39, 0.29) is 6.42 Å². The zero-order chi connectivity index (χ0) is 18.6. The molecule has 2 heterocycles. The molecular formula is C16H17N2O6S-. The summed E-state index contributed by atoms with van der Waals surface area (Å²) >= 11 is 0. The Morgan fingerprint density at radius 2 is 1.84 bits per heavy atom. The highest BCUT2D eigenvalue weighted by Gasteiger charge is 2.70. The molecule has 0 aromatic heterocycles. The molecule has 1 aromatic carbocycles. The zero-order valence-corrected chi connectivity index (χ0v) is 14.4. The van der Waals surface area contributed by atoms with Crippen LogP contribution in [-0.4, -0.2) is 53.3 Å². The average molecular weight is 365 g/mol. The highest BCUT2D eigenvalue weighted by Crippen LogP contribution is 2.45. The van der Waals surface area contributed by atoms with Crippen LogP contribution in [-0.2, 0) is 30.6 Å². The number of nitrogens with zero attached hydrogens (tertiary/aromatic N) is 1. The predicted molar refractivity (Wildman–Crippen MR) is 84.5 cm³/mol. The number of carboxylic acids is 1. The highest BCUT2D eigenvalue weighted by atomic mass is 32.2. The van der Waals surface area contributed by atoms with Gasteiger partial charge in [-0.3, -0.25) is 9.59 Å². The van der Waals surface area contributed by atoms with Crippen molar-refractivity contribution < 1.29 is 27.9 Å². The van der Waals surface area contributed by atoms with Crippen molar-refractivity contribution in [2.75, 3.05) is 0 Å². The molecule has 0 radical (unpaired) electrons. The summed E-state index contributed by atoms with van der Waals surface area (Å²) in [5.74, 6) is -2.86. The maximum Gasteiger partial charge on any atom is 0.250 e. The molecular weight excluding hydrogens is 348 g/mol. The molecule has 0 unspecified atom stereocenters. The number of carbonyl (C=O) groups excluding carboxylic acids is 3. The molecule has 8 nitrogen and oxygen atoms in total. The summed E-state index contributed by atoms with van der Waals surface area (Å²) in [5.41, 5.74) is 0.714. The van der Waals surface area contributed by atoms with E-state index in [0.717, 1.165) is 4.90 Å². The van der Waals surface area contributed by atoms with E-state index in [2.05, 4.69) is 5.32 Å². The molecule has 3 atom stereocenters. The molecule has 9 heteroatoms. The topological polar surface area (TPSA) is 124 Å². The lowest BCUT2D eigenvalue weighted by Gasteiger charge is -2.44. The standard InChI is InChI=1S/C16H18N2O6S/c1-16(2)12(15(21)22)18-13(20)11(14(18)25(16,23)24)17-10(19)8-9-6-4-3-5-7-9/h3-7,11-12,14H,8H2,1-2H3,(H,17,19)(H,21,22)/p-1/t11-,12+,14+/m1/s1. The molecule has 134 valence electrons. The molecule has 3 rings (SSSR count). The van der Waals surface area contributed by atoms with Gasteiger partial charge in [0.15, 0.2) is 15.2 Å². The maximum absolute atomic E-state index is 12.7. The third-order valence-electron chi connectivity index (χ3n) is 4.82. The summed E-state index contributed by atoms with van der Waals surface area (Å²) in [7, 11) is -3.99. The van der Waals surface area contributed by atoms with Crippen LogP contribution < -0.4 is 10.4 Å². The minimum Gasteiger partial charge on any atom is -0.548 e. The maximum atomic E-state index is 12.7. The molecule has 2 amide bonds. The summed E-state index contributed by atoms with van der Waals surface area (Å²) in [4.78, 5) is 36.6. The number of sulfone groups is 1. The number of hydrogen-bond acceptors (Lipinski definition) is 6. The second-order valence-electron chi connectivity index (χ2n) is 6.71. The van der Waals surface area contributed by atoms with Gasteiger partial charge in [0.2, 0.25) is 11.8 Å². The zero-order valence-electron chi connectivity index (χ0n) is 13.6. The largest absolute Gasteiger partial charge is 0.548 e. The Balaban J connectivity index is 1.81. The Morgan fingerprint density at radius 3 is 2.40 bits per heavy atom. The Bertz CT molecular complexity index is 849. The summed E-state index contributed by atoms with van der Waals surface area (Å²) in [6.45, 7) is 2.49. The van der Waals surface area contributed by atoms with Crippen molar-refractivity contribution in [1.29, 1.82) is 0 Å². The van der Waals surface area contributed by atoms with E-state index in [0.29, 0.717) is 5.56 Å². The molecule has 2 saturated heterocycles. The number of amides is 2. The third-order valence-corrected chi connectivity index (χ3v) is 7.64. The van der Waals surface area contributed by atoms with Gasteiger partial charge in [0, 0.05) is 0 Å². The van der Waals surface area contributed by atoms with Gasteiger partial charge in [-0.05, 0) is 19.4 Å². The van der Waals surface area contributed by atoms with Crippen LogP contribution in [0.1, 0.15) is 19.4 Å². The van der Waals surface area contributed by atoms with Gasteiger partial charge in [-0.2, -0.15) is 0 Å². The predicted octanol–water partition coefficient (Wildman–Crippen LogP) is -1.79. The second-order valence-corrected chi connectivity index (χ2v) is 9.34. The van der Waals surface area contributed by atoms with Crippen LogP contribution in [0.2, 0.25) is 0 Å². The Labute approximate surface area is 144 Å². The van der Waals surface area contributed by atoms with Gasteiger partial charge < -0.3 is 20.1 Å². The van der Waals surface area contributed by atoms with Crippen LogP contribution in [0.5, 0.6) is 0 Å². The minimum absolute atomic E-state index is 0.00923. The fraction of sp³-hybridized carbons (Fsp3) is 0.438. The molecule has 2 aliphatic heterocycles. The van der Waals surface area contributed by atoms with Crippen molar-refractivity contribution >= 4 is 27.6 Å². The van der Waals surface area contributed by atoms with E-state index in [9.17, 15) is 27.9 Å². The first-order valence-electron chi connectivity index (χ1n) is 7.69. The van der Waals surface area contributed by atoms with Crippen molar-refractivity contribution in [1.82, 2.24) is 10.2 Å². The number of aliphatic carboxylic acids is 1. The van der Waals surface area contributed by atoms with E-state index in [4.69, 9.17) is 0 Å². The number of β-lactam (4-membered cyclic amide) rings is 1. The normalized spacial score (nSPS) is 28.8. The molecule has 0 saturated carbocycles. The van der Waals surface area contributed by atoms with Crippen LogP contribution in [0.3, 0.4) is 0 Å². The average Bonchev–Trinajstić information content (AvgIpc) is 2.67. The smallest absolute Gasteiger partial charge is 0.250 e. The summed E-state index contributed by atoms with van der Waals surface area (Å²) in [5, 5.41) is 12.4. The van der Waals surface area contributed by atoms with Gasteiger partial charge in [0.05, 0.1) is 23.2 Å². The fourth-order valence-electron chi connectivity index (χ4n) is 3.43. The Hall–Kier alpha value is -2.42. The number of rotatable bonds is 4.